The SMILES string of the molecule is CCN(CC)C(=O)CC1CCN(Cc2cnc3cc(NC(=O)c4ccc(-c5ccc(F)cc5)cc4)c(C)cc3c2)CC1. The van der Waals surface area contributed by atoms with Gasteiger partial charge >= 0.3 is 0 Å². The number of fused-ring (bicyclic) bond motifs is 1. The number of piperidine rings is 1. The van der Waals surface area contributed by atoms with Crippen molar-refractivity contribution in [3.63, 3.8) is 0 Å². The lowest BCUT2D eigenvalue weighted by Gasteiger charge is -2.32. The lowest BCUT2D eigenvalue weighted by Crippen LogP contribution is -2.37. The zero-order valence-corrected chi connectivity index (χ0v) is 24.7. The number of nitrogens with zero attached hydrogens (tertiary/aromatic N) is 3. The number of halogens is 1. The number of carbonyl (C=O) groups is 2. The number of anilines is 1. The second-order valence-electron chi connectivity index (χ2n) is 11.2. The maximum absolute atomic E-state index is 13.2. The molecule has 1 aromatic heterocycles. The first-order chi connectivity index (χ1) is 20.3. The Balaban J connectivity index is 1.19. The molecule has 0 unspecified atom stereocenters. The minimum Gasteiger partial charge on any atom is -0.343 e. The smallest absolute Gasteiger partial charge is 0.255 e. The van der Waals surface area contributed by atoms with Gasteiger partial charge in [-0.25, -0.2) is 4.39 Å². The molecule has 5 rings (SSSR count). The standard InChI is InChI=1S/C35H39FN4O2/c1-4-40(5-2)34(41)20-25-14-16-39(17-15-25)23-26-19-30-18-24(3)32(21-33(30)37-22-26)38-35(42)29-8-6-27(7-9-29)28-10-12-31(36)13-11-28/h6-13,18-19,21-22,25H,4-5,14-17,20,23H2,1-3H3,(H,38,42). The van der Waals surface area contributed by atoms with Gasteiger partial charge in [-0.15, -0.1) is 0 Å². The molecule has 7 heteroatoms. The number of pyridine rings is 1. The summed E-state index contributed by atoms with van der Waals surface area (Å²) in [6.07, 6.45) is 4.68. The van der Waals surface area contributed by atoms with E-state index in [2.05, 4.69) is 22.3 Å². The Kier molecular flexibility index (Phi) is 9.28. The monoisotopic (exact) mass is 566 g/mol. The maximum Gasteiger partial charge on any atom is 0.255 e. The summed E-state index contributed by atoms with van der Waals surface area (Å²) >= 11 is 0. The third-order valence-corrected chi connectivity index (χ3v) is 8.35. The number of likely N-dealkylation sites (tertiary alicyclic amines) is 1. The van der Waals surface area contributed by atoms with Crippen LogP contribution in [0.15, 0.2) is 72.9 Å². The third kappa shape index (κ3) is 7.02. The van der Waals surface area contributed by atoms with E-state index in [1.807, 2.05) is 50.1 Å². The Labute approximate surface area is 247 Å². The van der Waals surface area contributed by atoms with Crippen molar-refractivity contribution in [2.45, 2.75) is 46.6 Å². The van der Waals surface area contributed by atoms with Crippen LogP contribution in [0.1, 0.15) is 54.6 Å². The van der Waals surface area contributed by atoms with Gasteiger partial charge in [-0.3, -0.25) is 19.5 Å². The fourth-order valence-electron chi connectivity index (χ4n) is 5.77. The zero-order valence-electron chi connectivity index (χ0n) is 24.7. The number of rotatable bonds is 9. The van der Waals surface area contributed by atoms with Crippen LogP contribution in [0.3, 0.4) is 0 Å². The first-order valence-corrected chi connectivity index (χ1v) is 14.9. The number of nitrogens with one attached hydrogen (secondary N) is 1. The highest BCUT2D eigenvalue weighted by molar-refractivity contribution is 6.05. The summed E-state index contributed by atoms with van der Waals surface area (Å²) in [6.45, 7) is 10.5. The molecule has 1 aliphatic heterocycles. The predicted octanol–water partition coefficient (Wildman–Crippen LogP) is 7.07. The van der Waals surface area contributed by atoms with E-state index in [4.69, 9.17) is 4.98 Å². The van der Waals surface area contributed by atoms with Gasteiger partial charge in [-0.2, -0.15) is 0 Å². The van der Waals surface area contributed by atoms with E-state index in [1.165, 1.54) is 12.1 Å². The molecule has 0 aliphatic carbocycles. The molecule has 42 heavy (non-hydrogen) atoms. The minimum absolute atomic E-state index is 0.193. The van der Waals surface area contributed by atoms with Crippen molar-refractivity contribution in [1.29, 1.82) is 0 Å². The fraction of sp³-hybridized carbons (Fsp3) is 0.343. The summed E-state index contributed by atoms with van der Waals surface area (Å²) in [5.74, 6) is 0.279. The summed E-state index contributed by atoms with van der Waals surface area (Å²) in [7, 11) is 0. The summed E-state index contributed by atoms with van der Waals surface area (Å²) < 4.78 is 13.2. The molecule has 0 radical (unpaired) electrons. The van der Waals surface area contributed by atoms with E-state index in [1.54, 1.807) is 24.3 Å². The van der Waals surface area contributed by atoms with Gasteiger partial charge in [0, 0.05) is 48.9 Å². The Hall–Kier alpha value is -4.10. The van der Waals surface area contributed by atoms with Crippen LogP contribution in [0.25, 0.3) is 22.0 Å². The predicted molar refractivity (Wildman–Crippen MR) is 167 cm³/mol. The molecule has 3 aromatic carbocycles. The van der Waals surface area contributed by atoms with Crippen molar-refractivity contribution in [3.8, 4) is 11.1 Å². The van der Waals surface area contributed by atoms with Crippen molar-refractivity contribution in [1.82, 2.24) is 14.8 Å². The van der Waals surface area contributed by atoms with Crippen molar-refractivity contribution < 1.29 is 14.0 Å². The molecule has 2 heterocycles. The van der Waals surface area contributed by atoms with Gasteiger partial charge in [-0.05, 0) is 117 Å². The fourth-order valence-corrected chi connectivity index (χ4v) is 5.77. The van der Waals surface area contributed by atoms with Crippen molar-refractivity contribution in [3.05, 3.63) is 95.4 Å². The van der Waals surface area contributed by atoms with Gasteiger partial charge in [0.25, 0.3) is 5.91 Å². The average Bonchev–Trinajstić information content (AvgIpc) is 3.00. The number of aromatic nitrogens is 1. The number of aryl methyl sites for hydroxylation is 1. The van der Waals surface area contributed by atoms with E-state index < -0.39 is 0 Å². The molecule has 0 atom stereocenters. The molecule has 0 spiro atoms. The Morgan fingerprint density at radius 3 is 2.24 bits per heavy atom. The molecule has 0 saturated carbocycles. The first-order valence-electron chi connectivity index (χ1n) is 14.9. The molecule has 1 fully saturated rings. The second-order valence-corrected chi connectivity index (χ2v) is 11.2. The van der Waals surface area contributed by atoms with Crippen LogP contribution in [-0.2, 0) is 11.3 Å². The number of benzene rings is 3. The number of carbonyl (C=O) groups excluding carboxylic acids is 2. The molecular formula is C35H39FN4O2. The molecule has 218 valence electrons. The average molecular weight is 567 g/mol. The van der Waals surface area contributed by atoms with Crippen molar-refractivity contribution in [2.24, 2.45) is 5.92 Å². The van der Waals surface area contributed by atoms with Gasteiger partial charge in [-0.1, -0.05) is 24.3 Å². The minimum atomic E-state index is -0.275. The maximum atomic E-state index is 13.2. The zero-order chi connectivity index (χ0) is 29.6. The highest BCUT2D eigenvalue weighted by atomic mass is 19.1. The Bertz CT molecular complexity index is 1540. The van der Waals surface area contributed by atoms with E-state index >= 15 is 0 Å². The van der Waals surface area contributed by atoms with Gasteiger partial charge in [0.05, 0.1) is 5.52 Å². The number of hydrogen-bond acceptors (Lipinski definition) is 4. The Morgan fingerprint density at radius 1 is 0.952 bits per heavy atom. The second kappa shape index (κ2) is 13.3. The van der Waals surface area contributed by atoms with Gasteiger partial charge in [0.1, 0.15) is 5.82 Å². The topological polar surface area (TPSA) is 65.5 Å². The van der Waals surface area contributed by atoms with Crippen LogP contribution >= 0.6 is 0 Å². The van der Waals surface area contributed by atoms with Crippen LogP contribution in [0, 0.1) is 18.7 Å². The molecule has 2 amide bonds. The van der Waals surface area contributed by atoms with Gasteiger partial charge in [0.2, 0.25) is 5.91 Å². The highest BCUT2D eigenvalue weighted by Gasteiger charge is 2.23. The van der Waals surface area contributed by atoms with Crippen molar-refractivity contribution >= 4 is 28.4 Å². The summed E-state index contributed by atoms with van der Waals surface area (Å²) in [5.41, 5.74) is 6.06. The van der Waals surface area contributed by atoms with Crippen LogP contribution in [0.2, 0.25) is 0 Å². The van der Waals surface area contributed by atoms with Crippen LogP contribution in [0.5, 0.6) is 0 Å². The first kappa shape index (κ1) is 29.4. The largest absolute Gasteiger partial charge is 0.343 e. The van der Waals surface area contributed by atoms with Gasteiger partial charge < -0.3 is 10.2 Å². The molecule has 4 aromatic rings. The van der Waals surface area contributed by atoms with E-state index in [0.717, 1.165) is 84.4 Å². The molecule has 1 aliphatic rings. The lowest BCUT2D eigenvalue weighted by atomic mass is 9.92. The molecular weight excluding hydrogens is 527 g/mol. The van der Waals surface area contributed by atoms with Crippen LogP contribution < -0.4 is 5.32 Å². The molecule has 1 saturated heterocycles. The van der Waals surface area contributed by atoms with E-state index in [-0.39, 0.29) is 17.6 Å². The summed E-state index contributed by atoms with van der Waals surface area (Å²) in [4.78, 5) is 34.6. The number of hydrogen-bond donors (Lipinski definition) is 1. The normalized spacial score (nSPS) is 14.2. The van der Waals surface area contributed by atoms with Gasteiger partial charge in [0.15, 0.2) is 0 Å². The highest BCUT2D eigenvalue weighted by Crippen LogP contribution is 2.27. The Morgan fingerprint density at radius 2 is 1.60 bits per heavy atom. The summed E-state index contributed by atoms with van der Waals surface area (Å²) in [5, 5.41) is 4.08. The quantitative estimate of drug-likeness (QED) is 0.235. The molecule has 0 bridgehead atoms. The summed E-state index contributed by atoms with van der Waals surface area (Å²) in [6, 6.07) is 19.8. The van der Waals surface area contributed by atoms with Crippen molar-refractivity contribution in [2.75, 3.05) is 31.5 Å². The lowest BCUT2D eigenvalue weighted by molar-refractivity contribution is -0.132. The van der Waals surface area contributed by atoms with Crippen LogP contribution in [-0.4, -0.2) is 52.8 Å². The molecule has 1 N–H and O–H groups in total. The molecule has 6 nitrogen and oxygen atoms in total. The van der Waals surface area contributed by atoms with E-state index in [9.17, 15) is 14.0 Å². The number of amides is 2. The van der Waals surface area contributed by atoms with Crippen LogP contribution in [0.4, 0.5) is 10.1 Å². The van der Waals surface area contributed by atoms with E-state index in [0.29, 0.717) is 17.9 Å². The third-order valence-electron chi connectivity index (χ3n) is 8.35.